The molecule has 0 saturated heterocycles. The first-order chi connectivity index (χ1) is 7.22. The number of hydrogen-bond donors (Lipinski definition) is 0. The molecule has 1 rings (SSSR count). The van der Waals surface area contributed by atoms with Gasteiger partial charge in [-0.25, -0.2) is 4.39 Å². The van der Waals surface area contributed by atoms with Gasteiger partial charge in [-0.2, -0.15) is 0 Å². The van der Waals surface area contributed by atoms with Gasteiger partial charge in [0.15, 0.2) is 0 Å². The standard InChI is InChI=1S/C12H13FOS/c1-3-14-10(2)7-8-15-12-6-4-5-11(13)9-12/h3-6,9H,1-2,7-8H2. The van der Waals surface area contributed by atoms with Crippen molar-refractivity contribution in [3.8, 4) is 0 Å². The maximum atomic E-state index is 12.8. The van der Waals surface area contributed by atoms with Crippen LogP contribution in [0.2, 0.25) is 0 Å². The Morgan fingerprint density at radius 3 is 3.00 bits per heavy atom. The van der Waals surface area contributed by atoms with Crippen LogP contribution in [0.15, 0.2) is 54.3 Å². The first-order valence-corrected chi connectivity index (χ1v) is 5.54. The van der Waals surface area contributed by atoms with Crippen molar-refractivity contribution in [3.63, 3.8) is 0 Å². The molecule has 0 aliphatic rings. The second kappa shape index (κ2) is 6.30. The van der Waals surface area contributed by atoms with Crippen molar-refractivity contribution in [1.29, 1.82) is 0 Å². The Hall–Kier alpha value is -1.22. The average Bonchev–Trinajstić information content (AvgIpc) is 2.18. The summed E-state index contributed by atoms with van der Waals surface area (Å²) in [6.07, 6.45) is 2.09. The summed E-state index contributed by atoms with van der Waals surface area (Å²) in [4.78, 5) is 0.918. The number of thioether (sulfide) groups is 1. The number of allylic oxidation sites excluding steroid dienone is 1. The predicted octanol–water partition coefficient (Wildman–Crippen LogP) is 3.98. The quantitative estimate of drug-likeness (QED) is 0.534. The first-order valence-electron chi connectivity index (χ1n) is 4.56. The van der Waals surface area contributed by atoms with E-state index in [0.717, 1.165) is 17.1 Å². The van der Waals surface area contributed by atoms with Crippen molar-refractivity contribution >= 4 is 11.8 Å². The third-order valence-corrected chi connectivity index (χ3v) is 2.69. The molecule has 80 valence electrons. The van der Waals surface area contributed by atoms with Crippen molar-refractivity contribution < 1.29 is 9.13 Å². The minimum Gasteiger partial charge on any atom is -0.471 e. The molecule has 0 radical (unpaired) electrons. The van der Waals surface area contributed by atoms with E-state index in [0.29, 0.717) is 5.76 Å². The Labute approximate surface area is 93.6 Å². The van der Waals surface area contributed by atoms with Gasteiger partial charge in [0.25, 0.3) is 0 Å². The fourth-order valence-corrected chi connectivity index (χ4v) is 1.95. The molecule has 0 aromatic heterocycles. The molecule has 0 bridgehead atoms. The zero-order valence-electron chi connectivity index (χ0n) is 8.41. The van der Waals surface area contributed by atoms with Gasteiger partial charge in [0.2, 0.25) is 0 Å². The maximum absolute atomic E-state index is 12.8. The summed E-state index contributed by atoms with van der Waals surface area (Å²) >= 11 is 1.57. The van der Waals surface area contributed by atoms with E-state index < -0.39 is 0 Å². The Morgan fingerprint density at radius 1 is 1.53 bits per heavy atom. The maximum Gasteiger partial charge on any atom is 0.124 e. The fourth-order valence-electron chi connectivity index (χ4n) is 1.02. The third kappa shape index (κ3) is 4.70. The molecule has 0 heterocycles. The van der Waals surface area contributed by atoms with Crippen LogP contribution in [0.5, 0.6) is 0 Å². The van der Waals surface area contributed by atoms with Crippen LogP contribution in [0.25, 0.3) is 0 Å². The molecule has 1 aromatic carbocycles. The second-order valence-electron chi connectivity index (χ2n) is 2.88. The molecule has 0 atom stereocenters. The summed E-state index contributed by atoms with van der Waals surface area (Å²) < 4.78 is 17.8. The first kappa shape index (κ1) is 11.9. The highest BCUT2D eigenvalue weighted by molar-refractivity contribution is 7.99. The summed E-state index contributed by atoms with van der Waals surface area (Å²) in [5.74, 6) is 1.28. The van der Waals surface area contributed by atoms with E-state index in [9.17, 15) is 4.39 Å². The normalized spacial score (nSPS) is 9.67. The summed E-state index contributed by atoms with van der Waals surface area (Å²) in [6.45, 7) is 7.15. The van der Waals surface area contributed by atoms with Crippen molar-refractivity contribution in [2.24, 2.45) is 0 Å². The topological polar surface area (TPSA) is 9.23 Å². The lowest BCUT2D eigenvalue weighted by Crippen LogP contribution is -1.86. The molecular formula is C12H13FOS. The van der Waals surface area contributed by atoms with E-state index in [2.05, 4.69) is 13.2 Å². The number of benzene rings is 1. The van der Waals surface area contributed by atoms with Gasteiger partial charge >= 0.3 is 0 Å². The monoisotopic (exact) mass is 224 g/mol. The SMILES string of the molecule is C=COC(=C)CCSc1cccc(F)c1. The van der Waals surface area contributed by atoms with Gasteiger partial charge in [-0.15, -0.1) is 11.8 Å². The fraction of sp³-hybridized carbons (Fsp3) is 0.167. The van der Waals surface area contributed by atoms with Crippen LogP contribution >= 0.6 is 11.8 Å². The second-order valence-corrected chi connectivity index (χ2v) is 4.05. The number of hydrogen-bond acceptors (Lipinski definition) is 2. The smallest absolute Gasteiger partial charge is 0.124 e. The minimum absolute atomic E-state index is 0.207. The average molecular weight is 224 g/mol. The summed E-state index contributed by atoms with van der Waals surface area (Å²) in [7, 11) is 0. The highest BCUT2D eigenvalue weighted by Crippen LogP contribution is 2.20. The third-order valence-electron chi connectivity index (χ3n) is 1.70. The van der Waals surface area contributed by atoms with E-state index in [-0.39, 0.29) is 5.82 Å². The van der Waals surface area contributed by atoms with Crippen molar-refractivity contribution in [2.45, 2.75) is 11.3 Å². The van der Waals surface area contributed by atoms with E-state index >= 15 is 0 Å². The molecule has 0 amide bonds. The molecule has 1 aromatic rings. The molecule has 1 nitrogen and oxygen atoms in total. The lowest BCUT2D eigenvalue weighted by molar-refractivity contribution is 0.343. The molecule has 0 unspecified atom stereocenters. The van der Waals surface area contributed by atoms with E-state index in [1.165, 1.54) is 18.4 Å². The van der Waals surface area contributed by atoms with Gasteiger partial charge in [0.05, 0.1) is 12.0 Å². The lowest BCUT2D eigenvalue weighted by Gasteiger charge is -2.04. The van der Waals surface area contributed by atoms with Gasteiger partial charge in [-0.05, 0) is 18.2 Å². The Morgan fingerprint density at radius 2 is 2.33 bits per heavy atom. The molecular weight excluding hydrogens is 211 g/mol. The summed E-state index contributed by atoms with van der Waals surface area (Å²) in [5, 5.41) is 0. The van der Waals surface area contributed by atoms with Gasteiger partial charge in [-0.1, -0.05) is 19.2 Å². The van der Waals surface area contributed by atoms with Crippen LogP contribution in [0.1, 0.15) is 6.42 Å². The van der Waals surface area contributed by atoms with Gasteiger partial charge in [-0.3, -0.25) is 0 Å². The van der Waals surface area contributed by atoms with Crippen molar-refractivity contribution in [1.82, 2.24) is 0 Å². The van der Waals surface area contributed by atoms with Crippen molar-refractivity contribution in [2.75, 3.05) is 5.75 Å². The molecule has 0 aliphatic heterocycles. The van der Waals surface area contributed by atoms with Gasteiger partial charge < -0.3 is 4.74 Å². The molecule has 15 heavy (non-hydrogen) atoms. The largest absolute Gasteiger partial charge is 0.471 e. The van der Waals surface area contributed by atoms with E-state index in [1.54, 1.807) is 17.8 Å². The number of ether oxygens (including phenoxy) is 1. The van der Waals surface area contributed by atoms with Gasteiger partial charge in [0, 0.05) is 17.1 Å². The van der Waals surface area contributed by atoms with E-state index in [4.69, 9.17) is 4.74 Å². The molecule has 0 fully saturated rings. The van der Waals surface area contributed by atoms with Crippen LogP contribution in [0, 0.1) is 5.82 Å². The Bertz CT molecular complexity index is 349. The van der Waals surface area contributed by atoms with Crippen LogP contribution in [0.3, 0.4) is 0 Å². The van der Waals surface area contributed by atoms with Crippen LogP contribution in [-0.4, -0.2) is 5.75 Å². The molecule has 3 heteroatoms. The number of rotatable bonds is 6. The zero-order valence-corrected chi connectivity index (χ0v) is 9.23. The predicted molar refractivity (Wildman–Crippen MR) is 62.2 cm³/mol. The van der Waals surface area contributed by atoms with Crippen LogP contribution in [0.4, 0.5) is 4.39 Å². The highest BCUT2D eigenvalue weighted by Gasteiger charge is 1.98. The molecule has 0 spiro atoms. The minimum atomic E-state index is -0.207. The van der Waals surface area contributed by atoms with E-state index in [1.807, 2.05) is 6.07 Å². The van der Waals surface area contributed by atoms with Crippen molar-refractivity contribution in [3.05, 3.63) is 55.3 Å². The molecule has 0 N–H and O–H groups in total. The van der Waals surface area contributed by atoms with Crippen LogP contribution < -0.4 is 0 Å². The highest BCUT2D eigenvalue weighted by atomic mass is 32.2. The summed E-state index contributed by atoms with van der Waals surface area (Å²) in [5.41, 5.74) is 0. The lowest BCUT2D eigenvalue weighted by atomic mass is 10.3. The number of halogens is 1. The van der Waals surface area contributed by atoms with Crippen LogP contribution in [-0.2, 0) is 4.74 Å². The Balaban J connectivity index is 2.31. The molecule has 0 saturated carbocycles. The summed E-state index contributed by atoms with van der Waals surface area (Å²) in [6, 6.07) is 6.53. The Kier molecular flexibility index (Phi) is 4.98. The van der Waals surface area contributed by atoms with Gasteiger partial charge in [0.1, 0.15) is 5.82 Å². The molecule has 0 aliphatic carbocycles. The zero-order chi connectivity index (χ0) is 11.1.